The maximum Gasteiger partial charge on any atom is 0.343 e. The molecule has 0 saturated carbocycles. The molecule has 1 aromatic heterocycles. The Labute approximate surface area is 294 Å². The van der Waals surface area contributed by atoms with Crippen molar-refractivity contribution in [2.24, 2.45) is 0 Å². The predicted octanol–water partition coefficient (Wildman–Crippen LogP) is -0.653. The van der Waals surface area contributed by atoms with Crippen LogP contribution in [0.2, 0.25) is 0 Å². The molecule has 4 heterocycles. The molecule has 0 aliphatic carbocycles. The number of benzene rings is 2. The quantitative estimate of drug-likeness (QED) is 0.133. The SMILES string of the molecule is COC(=O)C1(O)CC(C)OC1O[C@H]1[C@H](Oc2c(-c3ccc(O)cc3)oc3cc(O[C@@H]4O[C@@H](C)[C@H](O)[C@@H](O)[C@H]4O)cc(O)c3c2=O)O[C@@H](C)[C@H](O)[C@H]1O. The Morgan fingerprint density at radius 1 is 0.827 bits per heavy atom. The zero-order valence-electron chi connectivity index (χ0n) is 28.3. The third-order valence-electron chi connectivity index (χ3n) is 9.28. The van der Waals surface area contributed by atoms with Gasteiger partial charge in [0.1, 0.15) is 58.7 Å². The largest absolute Gasteiger partial charge is 0.508 e. The van der Waals surface area contributed by atoms with Crippen LogP contribution in [-0.2, 0) is 28.5 Å². The second kappa shape index (κ2) is 14.4. The number of carbonyl (C=O) groups excluding carboxylic acids is 1. The number of aliphatic hydroxyl groups is 6. The second-order valence-electron chi connectivity index (χ2n) is 13.1. The van der Waals surface area contributed by atoms with Crippen molar-refractivity contribution in [3.8, 4) is 34.3 Å². The molecule has 0 spiro atoms. The number of methoxy groups -OCH3 is 1. The standard InChI is InChI=1S/C34H40O18/c1-12-11-34(44,32(43)45-4)33(46-12)52-29-25(41)22(38)14(3)48-31(29)51-28-23(39)20-18(36)9-17(49-30-26(42)24(40)21(37)13(2)47-30)10-19(20)50-27(28)15-5-7-16(35)8-6-15/h5-10,12-14,21-22,24-26,29-31,33,35-38,40-42,44H,11H2,1-4H3/t12?,13-,14-,21-,22-,24+,25+,26+,29+,30-,31-,33?,34?/m0/s1. The Kier molecular flexibility index (Phi) is 10.4. The van der Waals surface area contributed by atoms with Crippen LogP contribution in [0, 0.1) is 0 Å². The number of aliphatic hydroxyl groups excluding tert-OH is 5. The fourth-order valence-corrected chi connectivity index (χ4v) is 6.39. The number of esters is 1. The highest BCUT2D eigenvalue weighted by molar-refractivity contribution is 5.88. The average Bonchev–Trinajstić information content (AvgIpc) is 3.40. The molecule has 8 N–H and O–H groups in total. The predicted molar refractivity (Wildman–Crippen MR) is 172 cm³/mol. The van der Waals surface area contributed by atoms with Crippen molar-refractivity contribution < 1.29 is 83.2 Å². The summed E-state index contributed by atoms with van der Waals surface area (Å²) in [7, 11) is 1.05. The van der Waals surface area contributed by atoms with Gasteiger partial charge in [0.15, 0.2) is 18.2 Å². The minimum Gasteiger partial charge on any atom is -0.508 e. The maximum absolute atomic E-state index is 14.2. The van der Waals surface area contributed by atoms with Gasteiger partial charge in [0, 0.05) is 24.1 Å². The third-order valence-corrected chi connectivity index (χ3v) is 9.28. The number of aromatic hydroxyl groups is 2. The summed E-state index contributed by atoms with van der Waals surface area (Å²) in [6.45, 7) is 4.41. The molecule has 0 bridgehead atoms. The summed E-state index contributed by atoms with van der Waals surface area (Å²) in [5, 5.41) is 84.3. The van der Waals surface area contributed by atoms with E-state index in [0.717, 1.165) is 13.2 Å². The minimum atomic E-state index is -2.33. The first-order chi connectivity index (χ1) is 24.5. The normalized spacial score (nSPS) is 36.4. The molecule has 3 unspecified atom stereocenters. The Hall–Kier alpha value is -4.08. The lowest BCUT2D eigenvalue weighted by Gasteiger charge is -2.42. The van der Waals surface area contributed by atoms with E-state index >= 15 is 0 Å². The van der Waals surface area contributed by atoms with Crippen LogP contribution in [0.4, 0.5) is 0 Å². The van der Waals surface area contributed by atoms with Crippen LogP contribution in [0.1, 0.15) is 27.2 Å². The third kappa shape index (κ3) is 6.78. The van der Waals surface area contributed by atoms with Crippen LogP contribution in [0.3, 0.4) is 0 Å². The van der Waals surface area contributed by atoms with E-state index in [2.05, 4.69) is 0 Å². The first-order valence-corrected chi connectivity index (χ1v) is 16.3. The van der Waals surface area contributed by atoms with E-state index in [1.54, 1.807) is 6.92 Å². The van der Waals surface area contributed by atoms with Crippen LogP contribution in [0.5, 0.6) is 23.0 Å². The molecular formula is C34H40O18. The average molecular weight is 737 g/mol. The van der Waals surface area contributed by atoms with Crippen molar-refractivity contribution in [2.75, 3.05) is 7.11 Å². The van der Waals surface area contributed by atoms with Crippen molar-refractivity contribution in [1.29, 1.82) is 0 Å². The molecule has 52 heavy (non-hydrogen) atoms. The van der Waals surface area contributed by atoms with Crippen LogP contribution in [0.15, 0.2) is 45.6 Å². The summed E-state index contributed by atoms with van der Waals surface area (Å²) in [6, 6.07) is 7.56. The number of hydrogen-bond acceptors (Lipinski definition) is 18. The van der Waals surface area contributed by atoms with Gasteiger partial charge in [-0.25, -0.2) is 4.79 Å². The highest BCUT2D eigenvalue weighted by Gasteiger charge is 2.57. The van der Waals surface area contributed by atoms with Gasteiger partial charge in [-0.1, -0.05) is 0 Å². The number of fused-ring (bicyclic) bond motifs is 1. The molecule has 3 aromatic rings. The van der Waals surface area contributed by atoms with Crippen LogP contribution in [-0.4, -0.2) is 133 Å². The number of ether oxygens (including phenoxy) is 7. The topological polar surface area (TPSA) is 274 Å². The van der Waals surface area contributed by atoms with Crippen molar-refractivity contribution in [2.45, 2.75) is 107 Å². The number of phenols is 2. The van der Waals surface area contributed by atoms with Crippen molar-refractivity contribution in [1.82, 2.24) is 0 Å². The Bertz CT molecular complexity index is 1830. The highest BCUT2D eigenvalue weighted by atomic mass is 16.8. The van der Waals surface area contributed by atoms with Crippen LogP contribution in [0.25, 0.3) is 22.3 Å². The number of rotatable bonds is 8. The summed E-state index contributed by atoms with van der Waals surface area (Å²) < 4.78 is 45.4. The van der Waals surface area contributed by atoms with Gasteiger partial charge in [-0.05, 0) is 45.0 Å². The molecule has 2 aromatic carbocycles. The monoisotopic (exact) mass is 736 g/mol. The molecule has 3 saturated heterocycles. The zero-order valence-corrected chi connectivity index (χ0v) is 28.3. The van der Waals surface area contributed by atoms with Crippen molar-refractivity contribution in [3.05, 3.63) is 46.6 Å². The molecule has 284 valence electrons. The summed E-state index contributed by atoms with van der Waals surface area (Å²) in [4.78, 5) is 26.8. The van der Waals surface area contributed by atoms with Crippen molar-refractivity contribution in [3.63, 3.8) is 0 Å². The van der Waals surface area contributed by atoms with E-state index in [9.17, 15) is 50.4 Å². The van der Waals surface area contributed by atoms with Crippen molar-refractivity contribution >= 4 is 16.9 Å². The fraction of sp³-hybridized carbons (Fsp3) is 0.529. The molecule has 18 nitrogen and oxygen atoms in total. The van der Waals surface area contributed by atoms with Gasteiger partial charge in [0.05, 0.1) is 25.4 Å². The molecule has 0 amide bonds. The van der Waals surface area contributed by atoms with E-state index in [1.165, 1.54) is 44.2 Å². The smallest absolute Gasteiger partial charge is 0.343 e. The van der Waals surface area contributed by atoms with E-state index < -0.39 is 108 Å². The molecule has 0 radical (unpaired) electrons. The molecule has 13 atom stereocenters. The molecule has 18 heteroatoms. The van der Waals surface area contributed by atoms with Gasteiger partial charge in [0.25, 0.3) is 0 Å². The zero-order chi connectivity index (χ0) is 37.8. The number of carbonyl (C=O) groups is 1. The van der Waals surface area contributed by atoms with Gasteiger partial charge in [-0.2, -0.15) is 0 Å². The summed E-state index contributed by atoms with van der Waals surface area (Å²) >= 11 is 0. The number of hydrogen-bond donors (Lipinski definition) is 8. The van der Waals surface area contributed by atoms with Gasteiger partial charge in [-0.15, -0.1) is 0 Å². The Morgan fingerprint density at radius 3 is 2.12 bits per heavy atom. The lowest BCUT2D eigenvalue weighted by atomic mass is 9.97. The fourth-order valence-electron chi connectivity index (χ4n) is 6.39. The number of phenolic OH excluding ortho intramolecular Hbond substituents is 2. The van der Waals surface area contributed by atoms with E-state index in [4.69, 9.17) is 37.6 Å². The Morgan fingerprint density at radius 2 is 1.46 bits per heavy atom. The second-order valence-corrected chi connectivity index (χ2v) is 13.1. The molecule has 6 rings (SSSR count). The first kappa shape index (κ1) is 37.7. The van der Waals surface area contributed by atoms with Gasteiger partial charge >= 0.3 is 5.97 Å². The Balaban J connectivity index is 1.41. The van der Waals surface area contributed by atoms with E-state index in [0.29, 0.717) is 0 Å². The first-order valence-electron chi connectivity index (χ1n) is 16.3. The molecule has 3 aliphatic rings. The molecule has 3 fully saturated rings. The van der Waals surface area contributed by atoms with Gasteiger partial charge in [0.2, 0.25) is 29.4 Å². The van der Waals surface area contributed by atoms with Gasteiger partial charge in [-0.3, -0.25) is 4.79 Å². The summed E-state index contributed by atoms with van der Waals surface area (Å²) in [6.07, 6.45) is -17.8. The van der Waals surface area contributed by atoms with Crippen LogP contribution < -0.4 is 14.9 Å². The molecule has 3 aliphatic heterocycles. The van der Waals surface area contributed by atoms with E-state index in [1.807, 2.05) is 0 Å². The highest BCUT2D eigenvalue weighted by Crippen LogP contribution is 2.40. The summed E-state index contributed by atoms with van der Waals surface area (Å²) in [5.74, 6) is -2.93. The van der Waals surface area contributed by atoms with Crippen LogP contribution >= 0.6 is 0 Å². The van der Waals surface area contributed by atoms with Gasteiger partial charge < -0.3 is 78.4 Å². The summed E-state index contributed by atoms with van der Waals surface area (Å²) in [5.41, 5.74) is -3.38. The minimum absolute atomic E-state index is 0.130. The van der Waals surface area contributed by atoms with E-state index in [-0.39, 0.29) is 34.8 Å². The maximum atomic E-state index is 14.2. The molecular weight excluding hydrogens is 696 g/mol. The lowest BCUT2D eigenvalue weighted by Crippen LogP contribution is -2.62. The lowest BCUT2D eigenvalue weighted by molar-refractivity contribution is -0.322.